The van der Waals surface area contributed by atoms with Crippen LogP contribution in [0.25, 0.3) is 0 Å². The molecular weight excluding hydrogens is 331 g/mol. The van der Waals surface area contributed by atoms with Crippen LogP contribution >= 0.6 is 34.5 Å². The van der Waals surface area contributed by atoms with Gasteiger partial charge in [-0.3, -0.25) is 4.79 Å². The molecule has 1 amide bonds. The normalized spacial score (nSPS) is 12.2. The average Bonchev–Trinajstić information content (AvgIpc) is 2.95. The molecule has 2 aromatic rings. The monoisotopic (exact) mass is 344 g/mol. The molecule has 1 atom stereocenters. The van der Waals surface area contributed by atoms with Crippen molar-refractivity contribution in [3.8, 4) is 0 Å². The van der Waals surface area contributed by atoms with Crippen molar-refractivity contribution < 1.29 is 9.90 Å². The van der Waals surface area contributed by atoms with Crippen LogP contribution in [0.4, 0.5) is 0 Å². The first-order chi connectivity index (χ1) is 10.0. The van der Waals surface area contributed by atoms with Gasteiger partial charge in [0, 0.05) is 11.1 Å². The summed E-state index contributed by atoms with van der Waals surface area (Å²) in [5.74, 6) is -0.498. The lowest BCUT2D eigenvalue weighted by molar-refractivity contribution is -0.129. The van der Waals surface area contributed by atoms with E-state index < -0.39 is 12.0 Å². The molecule has 112 valence electrons. The molecule has 1 aromatic heterocycles. The standard InChI is InChI=1S/C14H14Cl2N2O2S/c1-2-9-6-17-12(21-9)7-18-14(20)13(19)8-3-4-10(15)11(16)5-8/h3-6,13,19H,2,7H2,1H3,(H,18,20). The van der Waals surface area contributed by atoms with E-state index in [-0.39, 0.29) is 0 Å². The van der Waals surface area contributed by atoms with Crippen LogP contribution < -0.4 is 5.32 Å². The molecule has 0 fully saturated rings. The lowest BCUT2D eigenvalue weighted by Gasteiger charge is -2.11. The van der Waals surface area contributed by atoms with Crippen molar-refractivity contribution in [2.75, 3.05) is 0 Å². The van der Waals surface area contributed by atoms with Gasteiger partial charge in [-0.25, -0.2) is 4.98 Å². The number of hydrogen-bond donors (Lipinski definition) is 2. The van der Waals surface area contributed by atoms with Gasteiger partial charge in [-0.2, -0.15) is 0 Å². The maximum Gasteiger partial charge on any atom is 0.253 e. The SMILES string of the molecule is CCc1cnc(CNC(=O)C(O)c2ccc(Cl)c(Cl)c2)s1. The highest BCUT2D eigenvalue weighted by molar-refractivity contribution is 7.11. The highest BCUT2D eigenvalue weighted by Gasteiger charge is 2.18. The van der Waals surface area contributed by atoms with Crippen LogP contribution in [-0.2, 0) is 17.8 Å². The van der Waals surface area contributed by atoms with Gasteiger partial charge in [-0.1, -0.05) is 36.2 Å². The zero-order valence-corrected chi connectivity index (χ0v) is 13.6. The van der Waals surface area contributed by atoms with Gasteiger partial charge in [0.1, 0.15) is 5.01 Å². The number of aryl methyl sites for hydroxylation is 1. The van der Waals surface area contributed by atoms with Crippen LogP contribution in [0, 0.1) is 0 Å². The summed E-state index contributed by atoms with van der Waals surface area (Å²) in [4.78, 5) is 17.3. The van der Waals surface area contributed by atoms with Gasteiger partial charge < -0.3 is 10.4 Å². The Bertz CT molecular complexity index is 646. The van der Waals surface area contributed by atoms with E-state index in [1.54, 1.807) is 29.7 Å². The lowest BCUT2D eigenvalue weighted by atomic mass is 10.1. The first-order valence-corrected chi connectivity index (χ1v) is 7.92. The number of halogens is 2. The predicted octanol–water partition coefficient (Wildman–Crippen LogP) is 3.36. The summed E-state index contributed by atoms with van der Waals surface area (Å²) in [5, 5.41) is 14.1. The number of nitrogens with one attached hydrogen (secondary N) is 1. The summed E-state index contributed by atoms with van der Waals surface area (Å²) in [6, 6.07) is 4.59. The number of thiazole rings is 1. The third kappa shape index (κ3) is 4.17. The molecule has 7 heteroatoms. The van der Waals surface area contributed by atoms with Crippen molar-refractivity contribution in [1.29, 1.82) is 0 Å². The maximum absolute atomic E-state index is 11.9. The summed E-state index contributed by atoms with van der Waals surface area (Å²) in [6.07, 6.45) is 1.42. The van der Waals surface area contributed by atoms with Gasteiger partial charge >= 0.3 is 0 Å². The maximum atomic E-state index is 11.9. The first-order valence-electron chi connectivity index (χ1n) is 6.35. The van der Waals surface area contributed by atoms with Gasteiger partial charge in [0.05, 0.1) is 16.6 Å². The third-order valence-corrected chi connectivity index (χ3v) is 4.75. The molecule has 2 N–H and O–H groups in total. The largest absolute Gasteiger partial charge is 0.378 e. The van der Waals surface area contributed by atoms with E-state index in [2.05, 4.69) is 10.3 Å². The van der Waals surface area contributed by atoms with Crippen LogP contribution in [0.15, 0.2) is 24.4 Å². The molecule has 0 aliphatic heterocycles. The second-order valence-corrected chi connectivity index (χ2v) is 6.38. The lowest BCUT2D eigenvalue weighted by Crippen LogP contribution is -2.28. The zero-order chi connectivity index (χ0) is 15.4. The smallest absolute Gasteiger partial charge is 0.253 e. The van der Waals surface area contributed by atoms with Crippen molar-refractivity contribution in [3.63, 3.8) is 0 Å². The number of carbonyl (C=O) groups is 1. The van der Waals surface area contributed by atoms with Crippen molar-refractivity contribution in [2.45, 2.75) is 26.0 Å². The van der Waals surface area contributed by atoms with E-state index in [1.807, 2.05) is 6.92 Å². The van der Waals surface area contributed by atoms with Gasteiger partial charge in [0.25, 0.3) is 5.91 Å². The topological polar surface area (TPSA) is 62.2 Å². The molecule has 0 saturated carbocycles. The Morgan fingerprint density at radius 3 is 2.81 bits per heavy atom. The average molecular weight is 345 g/mol. The number of nitrogens with zero attached hydrogens (tertiary/aromatic N) is 1. The number of benzene rings is 1. The zero-order valence-electron chi connectivity index (χ0n) is 11.3. The van der Waals surface area contributed by atoms with Gasteiger partial charge in [-0.15, -0.1) is 11.3 Å². The Labute approximate surface area is 136 Å². The molecule has 0 aliphatic rings. The van der Waals surface area contributed by atoms with E-state index >= 15 is 0 Å². The molecule has 1 unspecified atom stereocenters. The second-order valence-electron chi connectivity index (χ2n) is 4.37. The first kappa shape index (κ1) is 16.2. The Morgan fingerprint density at radius 1 is 1.43 bits per heavy atom. The molecule has 0 aliphatic carbocycles. The van der Waals surface area contributed by atoms with Crippen molar-refractivity contribution in [3.05, 3.63) is 49.9 Å². The molecule has 1 aromatic carbocycles. The molecule has 4 nitrogen and oxygen atoms in total. The van der Waals surface area contributed by atoms with Crippen molar-refractivity contribution in [1.82, 2.24) is 10.3 Å². The minimum absolute atomic E-state index is 0.294. The molecule has 0 saturated heterocycles. The fourth-order valence-electron chi connectivity index (χ4n) is 1.69. The minimum atomic E-state index is -1.29. The number of carbonyl (C=O) groups excluding carboxylic acids is 1. The number of aliphatic hydroxyl groups excluding tert-OH is 1. The van der Waals surface area contributed by atoms with E-state index in [1.165, 1.54) is 6.07 Å². The Hall–Kier alpha value is -1.14. The van der Waals surface area contributed by atoms with E-state index in [9.17, 15) is 9.90 Å². The summed E-state index contributed by atoms with van der Waals surface area (Å²) >= 11 is 13.2. The number of rotatable bonds is 5. The van der Waals surface area contributed by atoms with Crippen LogP contribution in [0.5, 0.6) is 0 Å². The molecule has 21 heavy (non-hydrogen) atoms. The van der Waals surface area contributed by atoms with Crippen LogP contribution in [0.1, 0.15) is 28.5 Å². The molecule has 2 rings (SSSR count). The van der Waals surface area contributed by atoms with Gasteiger partial charge in [0.15, 0.2) is 6.10 Å². The summed E-state index contributed by atoms with van der Waals surface area (Å²) in [6.45, 7) is 2.34. The summed E-state index contributed by atoms with van der Waals surface area (Å²) in [5.41, 5.74) is 0.398. The van der Waals surface area contributed by atoms with E-state index in [0.717, 1.165) is 16.3 Å². The van der Waals surface area contributed by atoms with E-state index in [4.69, 9.17) is 23.2 Å². The second kappa shape index (κ2) is 7.22. The number of aliphatic hydroxyl groups is 1. The molecule has 0 bridgehead atoms. The molecule has 0 radical (unpaired) electrons. The fourth-order valence-corrected chi connectivity index (χ4v) is 2.80. The van der Waals surface area contributed by atoms with E-state index in [0.29, 0.717) is 22.2 Å². The quantitative estimate of drug-likeness (QED) is 0.873. The highest BCUT2D eigenvalue weighted by Crippen LogP contribution is 2.25. The van der Waals surface area contributed by atoms with Crippen LogP contribution in [0.3, 0.4) is 0 Å². The van der Waals surface area contributed by atoms with Crippen molar-refractivity contribution >= 4 is 40.4 Å². The fraction of sp³-hybridized carbons (Fsp3) is 0.286. The molecule has 0 spiro atoms. The number of amides is 1. The Morgan fingerprint density at radius 2 is 2.19 bits per heavy atom. The third-order valence-electron chi connectivity index (χ3n) is 2.87. The Balaban J connectivity index is 1.97. The Kier molecular flexibility index (Phi) is 5.58. The van der Waals surface area contributed by atoms with Gasteiger partial charge in [0.2, 0.25) is 0 Å². The summed E-state index contributed by atoms with van der Waals surface area (Å²) in [7, 11) is 0. The summed E-state index contributed by atoms with van der Waals surface area (Å²) < 4.78 is 0. The van der Waals surface area contributed by atoms with Gasteiger partial charge in [-0.05, 0) is 24.1 Å². The number of aromatic nitrogens is 1. The molecular formula is C14H14Cl2N2O2S. The minimum Gasteiger partial charge on any atom is -0.378 e. The van der Waals surface area contributed by atoms with Crippen LogP contribution in [0.2, 0.25) is 10.0 Å². The van der Waals surface area contributed by atoms with Crippen molar-refractivity contribution in [2.24, 2.45) is 0 Å². The number of hydrogen-bond acceptors (Lipinski definition) is 4. The predicted molar refractivity (Wildman–Crippen MR) is 84.8 cm³/mol. The van der Waals surface area contributed by atoms with Crippen LogP contribution in [-0.4, -0.2) is 16.0 Å². The molecule has 1 heterocycles. The highest BCUT2D eigenvalue weighted by atomic mass is 35.5.